The van der Waals surface area contributed by atoms with Crippen LogP contribution in [0.1, 0.15) is 65.8 Å². The highest BCUT2D eigenvalue weighted by Gasteiger charge is 2.31. The van der Waals surface area contributed by atoms with Crippen molar-refractivity contribution in [1.82, 2.24) is 14.7 Å². The normalized spacial score (nSPS) is 19.1. The Kier molecular flexibility index (Phi) is 5.69. The average Bonchev–Trinajstić information content (AvgIpc) is 3.12. The van der Waals surface area contributed by atoms with E-state index in [1.54, 1.807) is 0 Å². The number of fused-ring (bicyclic) bond motifs is 1. The third-order valence-corrected chi connectivity index (χ3v) is 6.23. The standard InChI is InChI=1S/C23H29N3O3/c1-16-8-11-18(12-9-16)26-20-7-3-2-6-19(20)22(24-26)23(29)25-14-4-5-17(15-25)10-13-21(27)28/h8-9,11-12,17H,2-7,10,13-15H2,1H3,(H,27,28). The lowest BCUT2D eigenvalue weighted by atomic mass is 9.92. The molecule has 1 aromatic heterocycles. The Morgan fingerprint density at radius 2 is 1.90 bits per heavy atom. The maximum absolute atomic E-state index is 13.4. The first-order valence-corrected chi connectivity index (χ1v) is 10.7. The van der Waals surface area contributed by atoms with Gasteiger partial charge in [0, 0.05) is 30.8 Å². The highest BCUT2D eigenvalue weighted by atomic mass is 16.4. The number of piperidine rings is 1. The van der Waals surface area contributed by atoms with Gasteiger partial charge >= 0.3 is 5.97 Å². The van der Waals surface area contributed by atoms with Crippen LogP contribution in [-0.4, -0.2) is 44.8 Å². The van der Waals surface area contributed by atoms with Gasteiger partial charge in [-0.3, -0.25) is 9.59 Å². The molecule has 0 spiro atoms. The number of aromatic nitrogens is 2. The summed E-state index contributed by atoms with van der Waals surface area (Å²) >= 11 is 0. The topological polar surface area (TPSA) is 75.4 Å². The van der Waals surface area contributed by atoms with Gasteiger partial charge in [-0.2, -0.15) is 5.10 Å². The van der Waals surface area contributed by atoms with Crippen LogP contribution >= 0.6 is 0 Å². The van der Waals surface area contributed by atoms with Crippen molar-refractivity contribution in [2.45, 2.75) is 58.3 Å². The Labute approximate surface area is 171 Å². The van der Waals surface area contributed by atoms with Gasteiger partial charge < -0.3 is 10.0 Å². The van der Waals surface area contributed by atoms with Crippen LogP contribution in [0.2, 0.25) is 0 Å². The average molecular weight is 396 g/mol. The number of aryl methyl sites for hydroxylation is 1. The second-order valence-electron chi connectivity index (χ2n) is 8.42. The number of carbonyl (C=O) groups is 2. The van der Waals surface area contributed by atoms with Gasteiger partial charge in [-0.15, -0.1) is 0 Å². The van der Waals surface area contributed by atoms with Crippen molar-refractivity contribution in [2.24, 2.45) is 5.92 Å². The molecular weight excluding hydrogens is 366 g/mol. The zero-order chi connectivity index (χ0) is 20.4. The van der Waals surface area contributed by atoms with Crippen molar-refractivity contribution in [3.8, 4) is 5.69 Å². The van der Waals surface area contributed by atoms with E-state index in [1.807, 2.05) is 9.58 Å². The summed E-state index contributed by atoms with van der Waals surface area (Å²) in [7, 11) is 0. The predicted octanol–water partition coefficient (Wildman–Crippen LogP) is 3.78. The SMILES string of the molecule is Cc1ccc(-n2nc(C(=O)N3CCCC(CCC(=O)O)C3)c3c2CCCC3)cc1. The van der Waals surface area contributed by atoms with E-state index in [0.717, 1.165) is 56.3 Å². The fraction of sp³-hybridized carbons (Fsp3) is 0.522. The number of hydrogen-bond acceptors (Lipinski definition) is 3. The second kappa shape index (κ2) is 8.39. The second-order valence-corrected chi connectivity index (χ2v) is 8.42. The lowest BCUT2D eigenvalue weighted by Gasteiger charge is -2.32. The summed E-state index contributed by atoms with van der Waals surface area (Å²) in [6.07, 6.45) is 6.79. The van der Waals surface area contributed by atoms with Gasteiger partial charge in [-0.1, -0.05) is 17.7 Å². The molecule has 154 valence electrons. The predicted molar refractivity (Wildman–Crippen MR) is 110 cm³/mol. The molecule has 6 nitrogen and oxygen atoms in total. The molecule has 1 N–H and O–H groups in total. The highest BCUT2D eigenvalue weighted by Crippen LogP contribution is 2.29. The minimum absolute atomic E-state index is 0.00837. The minimum atomic E-state index is -0.764. The number of benzene rings is 1. The summed E-state index contributed by atoms with van der Waals surface area (Å²) in [6, 6.07) is 8.28. The Bertz CT molecular complexity index is 901. The van der Waals surface area contributed by atoms with Crippen LogP contribution in [-0.2, 0) is 17.6 Å². The first-order valence-electron chi connectivity index (χ1n) is 10.7. The first kappa shape index (κ1) is 19.7. The molecule has 4 rings (SSSR count). The number of nitrogens with zero attached hydrogens (tertiary/aromatic N) is 3. The van der Waals surface area contributed by atoms with Crippen molar-refractivity contribution in [2.75, 3.05) is 13.1 Å². The van der Waals surface area contributed by atoms with Crippen molar-refractivity contribution < 1.29 is 14.7 Å². The van der Waals surface area contributed by atoms with Gasteiger partial charge in [0.25, 0.3) is 5.91 Å². The quantitative estimate of drug-likeness (QED) is 0.836. The summed E-state index contributed by atoms with van der Waals surface area (Å²) < 4.78 is 1.97. The first-order chi connectivity index (χ1) is 14.0. The molecule has 1 aliphatic carbocycles. The lowest BCUT2D eigenvalue weighted by Crippen LogP contribution is -2.40. The van der Waals surface area contributed by atoms with Gasteiger partial charge in [0.15, 0.2) is 5.69 Å². The van der Waals surface area contributed by atoms with Crippen molar-refractivity contribution in [3.05, 3.63) is 46.8 Å². The van der Waals surface area contributed by atoms with E-state index in [0.29, 0.717) is 18.7 Å². The van der Waals surface area contributed by atoms with Crippen LogP contribution in [0, 0.1) is 12.8 Å². The monoisotopic (exact) mass is 395 g/mol. The molecule has 1 aliphatic heterocycles. The summed E-state index contributed by atoms with van der Waals surface area (Å²) in [5.41, 5.74) is 5.08. The molecule has 1 atom stereocenters. The van der Waals surface area contributed by atoms with E-state index in [9.17, 15) is 9.59 Å². The molecule has 1 aromatic carbocycles. The molecule has 2 heterocycles. The Balaban J connectivity index is 1.60. The van der Waals surface area contributed by atoms with E-state index in [4.69, 9.17) is 10.2 Å². The van der Waals surface area contributed by atoms with Crippen LogP contribution in [0.15, 0.2) is 24.3 Å². The number of hydrogen-bond donors (Lipinski definition) is 1. The number of carboxylic acid groups (broad SMARTS) is 1. The molecular formula is C23H29N3O3. The Morgan fingerprint density at radius 1 is 1.14 bits per heavy atom. The number of aliphatic carboxylic acids is 1. The minimum Gasteiger partial charge on any atom is -0.481 e. The molecule has 0 radical (unpaired) electrons. The molecule has 0 bridgehead atoms. The number of amides is 1. The molecule has 2 aromatic rings. The van der Waals surface area contributed by atoms with Gasteiger partial charge in [-0.05, 0) is 69.9 Å². The van der Waals surface area contributed by atoms with E-state index < -0.39 is 5.97 Å². The smallest absolute Gasteiger partial charge is 0.303 e. The summed E-state index contributed by atoms with van der Waals surface area (Å²) in [4.78, 5) is 26.2. The van der Waals surface area contributed by atoms with Crippen LogP contribution in [0.4, 0.5) is 0 Å². The van der Waals surface area contributed by atoms with E-state index in [-0.39, 0.29) is 18.2 Å². The fourth-order valence-electron chi connectivity index (χ4n) is 4.63. The molecule has 1 amide bonds. The van der Waals surface area contributed by atoms with Crippen molar-refractivity contribution >= 4 is 11.9 Å². The Hall–Kier alpha value is -2.63. The van der Waals surface area contributed by atoms with Crippen molar-refractivity contribution in [3.63, 3.8) is 0 Å². The van der Waals surface area contributed by atoms with Crippen molar-refractivity contribution in [1.29, 1.82) is 0 Å². The number of rotatable bonds is 5. The third-order valence-electron chi connectivity index (χ3n) is 6.23. The molecule has 6 heteroatoms. The van der Waals surface area contributed by atoms with Crippen LogP contribution in [0.25, 0.3) is 5.69 Å². The van der Waals surface area contributed by atoms with Crippen LogP contribution < -0.4 is 0 Å². The van der Waals surface area contributed by atoms with Gasteiger partial charge in [0.05, 0.1) is 5.69 Å². The lowest BCUT2D eigenvalue weighted by molar-refractivity contribution is -0.137. The summed E-state index contributed by atoms with van der Waals surface area (Å²) in [5.74, 6) is -0.493. The van der Waals surface area contributed by atoms with Gasteiger partial charge in [0.1, 0.15) is 0 Å². The van der Waals surface area contributed by atoms with Crippen LogP contribution in [0.3, 0.4) is 0 Å². The molecule has 29 heavy (non-hydrogen) atoms. The zero-order valence-electron chi connectivity index (χ0n) is 17.1. The number of carbonyl (C=O) groups excluding carboxylic acids is 1. The van der Waals surface area contributed by atoms with E-state index in [2.05, 4.69) is 31.2 Å². The maximum Gasteiger partial charge on any atom is 0.303 e. The van der Waals surface area contributed by atoms with Crippen LogP contribution in [0.5, 0.6) is 0 Å². The largest absolute Gasteiger partial charge is 0.481 e. The molecule has 1 unspecified atom stereocenters. The van der Waals surface area contributed by atoms with E-state index in [1.165, 1.54) is 11.3 Å². The highest BCUT2D eigenvalue weighted by molar-refractivity contribution is 5.94. The number of carboxylic acids is 1. The molecule has 2 aliphatic rings. The molecule has 0 saturated carbocycles. The summed E-state index contributed by atoms with van der Waals surface area (Å²) in [5, 5.41) is 13.8. The fourth-order valence-corrected chi connectivity index (χ4v) is 4.63. The molecule has 1 fully saturated rings. The number of likely N-dealkylation sites (tertiary alicyclic amines) is 1. The third kappa shape index (κ3) is 4.21. The molecule has 1 saturated heterocycles. The zero-order valence-corrected chi connectivity index (χ0v) is 17.1. The maximum atomic E-state index is 13.4. The van der Waals surface area contributed by atoms with E-state index >= 15 is 0 Å². The van der Waals surface area contributed by atoms with Gasteiger partial charge in [-0.25, -0.2) is 4.68 Å². The summed E-state index contributed by atoms with van der Waals surface area (Å²) in [6.45, 7) is 3.43. The Morgan fingerprint density at radius 3 is 2.66 bits per heavy atom. The van der Waals surface area contributed by atoms with Gasteiger partial charge in [0.2, 0.25) is 0 Å².